The number of carbonyl (C=O) groups is 1. The van der Waals surface area contributed by atoms with Gasteiger partial charge in [0.2, 0.25) is 5.89 Å². The van der Waals surface area contributed by atoms with Crippen molar-refractivity contribution in [3.8, 4) is 17.3 Å². The molecule has 0 saturated heterocycles. The molecule has 1 aromatic heterocycles. The predicted octanol–water partition coefficient (Wildman–Crippen LogP) is 2.53. The van der Waals surface area contributed by atoms with E-state index in [9.17, 15) is 4.79 Å². The summed E-state index contributed by atoms with van der Waals surface area (Å²) in [4.78, 5) is 15.7. The lowest BCUT2D eigenvalue weighted by Crippen LogP contribution is -2.04. The third kappa shape index (κ3) is 2.34. The van der Waals surface area contributed by atoms with Gasteiger partial charge in [-0.25, -0.2) is 4.79 Å². The first-order chi connectivity index (χ1) is 8.76. The lowest BCUT2D eigenvalue weighted by Gasteiger charge is -1.98. The number of esters is 1. The van der Waals surface area contributed by atoms with E-state index in [0.29, 0.717) is 5.89 Å². The van der Waals surface area contributed by atoms with E-state index in [0.717, 1.165) is 5.56 Å². The maximum Gasteiger partial charge on any atom is 0.380 e. The molecule has 5 heteroatoms. The fraction of sp³-hybridized carbons (Fsp3) is 0.231. The zero-order chi connectivity index (χ0) is 13.0. The fourth-order valence-electron chi connectivity index (χ4n) is 1.47. The van der Waals surface area contributed by atoms with Crippen LogP contribution in [0.5, 0.6) is 5.88 Å². The number of oxazole rings is 1. The fourth-order valence-corrected chi connectivity index (χ4v) is 1.47. The van der Waals surface area contributed by atoms with Gasteiger partial charge in [-0.2, -0.15) is 4.98 Å². The van der Waals surface area contributed by atoms with Gasteiger partial charge in [0, 0.05) is 5.56 Å². The van der Waals surface area contributed by atoms with Crippen LogP contribution in [0.3, 0.4) is 0 Å². The average molecular weight is 247 g/mol. The summed E-state index contributed by atoms with van der Waals surface area (Å²) >= 11 is 0. The average Bonchev–Trinajstić information content (AvgIpc) is 2.84. The second-order valence-corrected chi connectivity index (χ2v) is 3.44. The minimum atomic E-state index is -0.580. The molecule has 0 N–H and O–H groups in total. The summed E-state index contributed by atoms with van der Waals surface area (Å²) in [5.41, 5.74) is 0.770. The number of carbonyl (C=O) groups excluding carboxylic acids is 1. The number of benzene rings is 1. The molecule has 0 spiro atoms. The second-order valence-electron chi connectivity index (χ2n) is 3.44. The van der Waals surface area contributed by atoms with Crippen molar-refractivity contribution in [2.75, 3.05) is 13.7 Å². The Bertz CT molecular complexity index is 533. The molecule has 18 heavy (non-hydrogen) atoms. The van der Waals surface area contributed by atoms with Crippen LogP contribution in [0.2, 0.25) is 0 Å². The molecule has 0 unspecified atom stereocenters. The van der Waals surface area contributed by atoms with Crippen LogP contribution in [0.1, 0.15) is 17.5 Å². The van der Waals surface area contributed by atoms with Gasteiger partial charge in [0.25, 0.3) is 11.6 Å². The van der Waals surface area contributed by atoms with Gasteiger partial charge < -0.3 is 13.9 Å². The monoisotopic (exact) mass is 247 g/mol. The highest BCUT2D eigenvalue weighted by molar-refractivity contribution is 5.89. The molecule has 0 aliphatic carbocycles. The zero-order valence-corrected chi connectivity index (χ0v) is 10.2. The van der Waals surface area contributed by atoms with Gasteiger partial charge in [0.15, 0.2) is 0 Å². The smallest absolute Gasteiger partial charge is 0.380 e. The minimum Gasteiger partial charge on any atom is -0.478 e. The number of hydrogen-bond acceptors (Lipinski definition) is 5. The Morgan fingerprint density at radius 1 is 1.33 bits per heavy atom. The zero-order valence-electron chi connectivity index (χ0n) is 10.2. The molecule has 0 aliphatic heterocycles. The third-order valence-corrected chi connectivity index (χ3v) is 2.27. The van der Waals surface area contributed by atoms with Crippen molar-refractivity contribution in [3.63, 3.8) is 0 Å². The first-order valence-electron chi connectivity index (χ1n) is 5.53. The van der Waals surface area contributed by atoms with Crippen LogP contribution < -0.4 is 4.74 Å². The summed E-state index contributed by atoms with van der Waals surface area (Å²) in [6.07, 6.45) is 0. The Kier molecular flexibility index (Phi) is 3.62. The molecule has 5 nitrogen and oxygen atoms in total. The third-order valence-electron chi connectivity index (χ3n) is 2.27. The maximum atomic E-state index is 11.6. The Labute approximate surface area is 104 Å². The highest BCUT2D eigenvalue weighted by Gasteiger charge is 2.22. The van der Waals surface area contributed by atoms with Gasteiger partial charge in [0.1, 0.15) is 0 Å². The number of nitrogens with zero attached hydrogens (tertiary/aromatic N) is 1. The summed E-state index contributed by atoms with van der Waals surface area (Å²) < 4.78 is 15.3. The van der Waals surface area contributed by atoms with Crippen molar-refractivity contribution in [2.45, 2.75) is 6.92 Å². The van der Waals surface area contributed by atoms with E-state index >= 15 is 0 Å². The molecule has 0 bridgehead atoms. The molecule has 0 fully saturated rings. The standard InChI is InChI=1S/C13H13NO4/c1-3-17-13(15)10-12(16-2)14-11(18-10)9-7-5-4-6-8-9/h4-8H,3H2,1-2H3. The van der Waals surface area contributed by atoms with Gasteiger partial charge in [-0.1, -0.05) is 18.2 Å². The van der Waals surface area contributed by atoms with E-state index in [-0.39, 0.29) is 18.2 Å². The number of rotatable bonds is 4. The molecule has 2 rings (SSSR count). The van der Waals surface area contributed by atoms with Crippen molar-refractivity contribution in [1.29, 1.82) is 0 Å². The van der Waals surface area contributed by atoms with Gasteiger partial charge >= 0.3 is 5.97 Å². The highest BCUT2D eigenvalue weighted by Crippen LogP contribution is 2.26. The van der Waals surface area contributed by atoms with Crippen molar-refractivity contribution < 1.29 is 18.7 Å². The van der Waals surface area contributed by atoms with E-state index in [1.807, 2.05) is 30.3 Å². The quantitative estimate of drug-likeness (QED) is 0.777. The molecule has 0 atom stereocenters. The number of methoxy groups -OCH3 is 1. The number of aromatic nitrogens is 1. The van der Waals surface area contributed by atoms with Crippen molar-refractivity contribution in [1.82, 2.24) is 4.98 Å². The molecular formula is C13H13NO4. The lowest BCUT2D eigenvalue weighted by molar-refractivity contribution is 0.0486. The van der Waals surface area contributed by atoms with Crippen molar-refractivity contribution in [2.24, 2.45) is 0 Å². The maximum absolute atomic E-state index is 11.6. The highest BCUT2D eigenvalue weighted by atomic mass is 16.6. The molecule has 2 aromatic rings. The largest absolute Gasteiger partial charge is 0.478 e. The van der Waals surface area contributed by atoms with Crippen LogP contribution in [0.15, 0.2) is 34.7 Å². The van der Waals surface area contributed by atoms with Crippen LogP contribution >= 0.6 is 0 Å². The number of ether oxygens (including phenoxy) is 2. The summed E-state index contributed by atoms with van der Waals surface area (Å²) in [6, 6.07) is 9.27. The topological polar surface area (TPSA) is 61.6 Å². The molecule has 1 aromatic carbocycles. The molecule has 0 saturated carbocycles. The minimum absolute atomic E-state index is 0.0156. The number of hydrogen-bond donors (Lipinski definition) is 0. The Morgan fingerprint density at radius 2 is 2.06 bits per heavy atom. The van der Waals surface area contributed by atoms with Crippen LogP contribution in [0, 0.1) is 0 Å². The molecule has 0 amide bonds. The van der Waals surface area contributed by atoms with Gasteiger partial charge in [-0.15, -0.1) is 0 Å². The van der Waals surface area contributed by atoms with E-state index in [1.54, 1.807) is 6.92 Å². The van der Waals surface area contributed by atoms with E-state index < -0.39 is 5.97 Å². The Hall–Kier alpha value is -2.30. The van der Waals surface area contributed by atoms with E-state index in [4.69, 9.17) is 13.9 Å². The molecule has 0 radical (unpaired) electrons. The summed E-state index contributed by atoms with van der Waals surface area (Å²) in [5, 5.41) is 0. The van der Waals surface area contributed by atoms with E-state index in [2.05, 4.69) is 4.98 Å². The summed E-state index contributed by atoms with van der Waals surface area (Å²) in [6.45, 7) is 1.99. The normalized spacial score (nSPS) is 10.1. The van der Waals surface area contributed by atoms with Crippen LogP contribution in [0.4, 0.5) is 0 Å². The van der Waals surface area contributed by atoms with Crippen LogP contribution in [-0.4, -0.2) is 24.7 Å². The van der Waals surface area contributed by atoms with Gasteiger partial charge in [0.05, 0.1) is 13.7 Å². The lowest BCUT2D eigenvalue weighted by atomic mass is 10.2. The summed E-state index contributed by atoms with van der Waals surface area (Å²) in [5.74, 6) is -0.134. The molecule has 0 aliphatic rings. The Morgan fingerprint density at radius 3 is 2.67 bits per heavy atom. The van der Waals surface area contributed by atoms with Gasteiger partial charge in [-0.05, 0) is 19.1 Å². The molecule has 1 heterocycles. The Balaban J connectivity index is 2.38. The van der Waals surface area contributed by atoms with Crippen molar-refractivity contribution in [3.05, 3.63) is 36.1 Å². The van der Waals surface area contributed by atoms with Gasteiger partial charge in [-0.3, -0.25) is 0 Å². The molecular weight excluding hydrogens is 234 g/mol. The second kappa shape index (κ2) is 5.35. The first kappa shape index (κ1) is 12.2. The molecule has 94 valence electrons. The van der Waals surface area contributed by atoms with Crippen LogP contribution in [0.25, 0.3) is 11.5 Å². The van der Waals surface area contributed by atoms with Crippen molar-refractivity contribution >= 4 is 5.97 Å². The first-order valence-corrected chi connectivity index (χ1v) is 5.53. The predicted molar refractivity (Wildman–Crippen MR) is 64.4 cm³/mol. The summed E-state index contributed by atoms with van der Waals surface area (Å²) in [7, 11) is 1.43. The SMILES string of the molecule is CCOC(=O)c1oc(-c2ccccc2)nc1OC. The van der Waals surface area contributed by atoms with E-state index in [1.165, 1.54) is 7.11 Å². The van der Waals surface area contributed by atoms with Crippen LogP contribution in [-0.2, 0) is 4.74 Å².